The molecule has 0 aliphatic carbocycles. The summed E-state index contributed by atoms with van der Waals surface area (Å²) in [4.78, 5) is 5.58. The molecule has 0 unspecified atom stereocenters. The van der Waals surface area contributed by atoms with Gasteiger partial charge in [-0.1, -0.05) is 6.07 Å². The second-order valence-corrected chi connectivity index (χ2v) is 5.98. The van der Waals surface area contributed by atoms with Gasteiger partial charge in [-0.3, -0.25) is 0 Å². The van der Waals surface area contributed by atoms with E-state index in [0.29, 0.717) is 0 Å². The first kappa shape index (κ1) is 8.98. The first-order chi connectivity index (χ1) is 6.86. The molecule has 0 N–H and O–H groups in total. The summed E-state index contributed by atoms with van der Waals surface area (Å²) in [6.45, 7) is 4.69. The maximum absolute atomic E-state index is 2.56. The van der Waals surface area contributed by atoms with Gasteiger partial charge in [-0.2, -0.15) is 0 Å². The molecule has 0 amide bonds. The molecular weight excluding hydrogens is 210 g/mol. The highest BCUT2D eigenvalue weighted by Crippen LogP contribution is 2.45. The molecule has 2 heterocycles. The van der Waals surface area contributed by atoms with Gasteiger partial charge in [0.25, 0.3) is 0 Å². The Bertz CT molecular complexity index is 374. The number of hydrogen-bond donors (Lipinski definition) is 0. The van der Waals surface area contributed by atoms with Crippen molar-refractivity contribution in [2.45, 2.75) is 16.7 Å². The van der Waals surface area contributed by atoms with Crippen LogP contribution in [-0.2, 0) is 0 Å². The molecule has 3 heteroatoms. The van der Waals surface area contributed by atoms with Crippen LogP contribution in [0.2, 0.25) is 0 Å². The minimum atomic E-state index is 1.23. The van der Waals surface area contributed by atoms with Crippen LogP contribution in [0.15, 0.2) is 21.9 Å². The topological polar surface area (TPSA) is 3.24 Å². The minimum absolute atomic E-state index is 1.23. The lowest BCUT2D eigenvalue weighted by Crippen LogP contribution is -2.34. The predicted octanol–water partition coefficient (Wildman–Crippen LogP) is 3.01. The van der Waals surface area contributed by atoms with Crippen LogP contribution in [0.4, 0.5) is 5.69 Å². The zero-order valence-electron chi connectivity index (χ0n) is 8.25. The van der Waals surface area contributed by atoms with Crippen LogP contribution in [0, 0.1) is 6.92 Å². The maximum Gasteiger partial charge on any atom is 0.0645 e. The van der Waals surface area contributed by atoms with Gasteiger partial charge in [0.1, 0.15) is 0 Å². The van der Waals surface area contributed by atoms with Crippen molar-refractivity contribution >= 4 is 29.2 Å². The van der Waals surface area contributed by atoms with Gasteiger partial charge in [0.05, 0.1) is 5.69 Å². The molecular formula is C11H13NS2. The molecule has 3 rings (SSSR count). The molecule has 0 saturated carbocycles. The summed E-state index contributed by atoms with van der Waals surface area (Å²) in [6, 6.07) is 4.56. The Morgan fingerprint density at radius 1 is 1.14 bits per heavy atom. The minimum Gasteiger partial charge on any atom is -0.368 e. The maximum atomic E-state index is 2.56. The van der Waals surface area contributed by atoms with E-state index in [4.69, 9.17) is 0 Å². The van der Waals surface area contributed by atoms with Gasteiger partial charge in [-0.15, -0.1) is 23.5 Å². The number of nitrogens with zero attached hydrogens (tertiary/aromatic N) is 1. The van der Waals surface area contributed by atoms with E-state index in [1.807, 2.05) is 23.5 Å². The second kappa shape index (κ2) is 3.38. The molecule has 0 radical (unpaired) electrons. The van der Waals surface area contributed by atoms with Crippen molar-refractivity contribution in [1.29, 1.82) is 0 Å². The molecule has 2 aliphatic heterocycles. The van der Waals surface area contributed by atoms with E-state index in [0.717, 1.165) is 0 Å². The lowest BCUT2D eigenvalue weighted by molar-refractivity contribution is 0.827. The summed E-state index contributed by atoms with van der Waals surface area (Å²) in [5.41, 5.74) is 2.97. The molecule has 0 fully saturated rings. The molecule has 0 aromatic heterocycles. The van der Waals surface area contributed by atoms with Gasteiger partial charge in [0, 0.05) is 34.4 Å². The van der Waals surface area contributed by atoms with E-state index in [2.05, 4.69) is 24.0 Å². The molecule has 1 aromatic carbocycles. The van der Waals surface area contributed by atoms with Crippen LogP contribution in [0.1, 0.15) is 5.56 Å². The zero-order chi connectivity index (χ0) is 9.54. The molecule has 0 spiro atoms. The largest absolute Gasteiger partial charge is 0.368 e. The highest BCUT2D eigenvalue weighted by atomic mass is 32.2. The Kier molecular flexibility index (Phi) is 2.17. The van der Waals surface area contributed by atoms with E-state index >= 15 is 0 Å². The molecule has 0 atom stereocenters. The summed E-state index contributed by atoms with van der Waals surface area (Å²) >= 11 is 4.04. The van der Waals surface area contributed by atoms with Gasteiger partial charge in [0.15, 0.2) is 0 Å². The normalized spacial score (nSPS) is 19.4. The predicted molar refractivity (Wildman–Crippen MR) is 64.8 cm³/mol. The van der Waals surface area contributed by atoms with E-state index < -0.39 is 0 Å². The zero-order valence-corrected chi connectivity index (χ0v) is 9.88. The summed E-state index contributed by atoms with van der Waals surface area (Å²) in [5, 5.41) is 0. The quantitative estimate of drug-likeness (QED) is 0.665. The summed E-state index contributed by atoms with van der Waals surface area (Å²) < 4.78 is 0. The number of benzene rings is 1. The first-order valence-electron chi connectivity index (χ1n) is 5.00. The Labute approximate surface area is 93.3 Å². The van der Waals surface area contributed by atoms with E-state index in [-0.39, 0.29) is 0 Å². The van der Waals surface area contributed by atoms with Crippen molar-refractivity contribution in [2.24, 2.45) is 0 Å². The Morgan fingerprint density at radius 2 is 1.93 bits per heavy atom. The number of thioether (sulfide) groups is 2. The Balaban J connectivity index is 2.22. The number of hydrogen-bond acceptors (Lipinski definition) is 3. The van der Waals surface area contributed by atoms with Crippen LogP contribution < -0.4 is 4.90 Å². The Morgan fingerprint density at radius 3 is 2.79 bits per heavy atom. The van der Waals surface area contributed by atoms with Crippen molar-refractivity contribution in [2.75, 3.05) is 29.5 Å². The third-order valence-electron chi connectivity index (χ3n) is 2.83. The molecule has 0 bridgehead atoms. The van der Waals surface area contributed by atoms with Crippen molar-refractivity contribution in [3.63, 3.8) is 0 Å². The van der Waals surface area contributed by atoms with Crippen LogP contribution >= 0.6 is 23.5 Å². The number of rotatable bonds is 0. The first-order valence-corrected chi connectivity index (χ1v) is 6.97. The van der Waals surface area contributed by atoms with Crippen LogP contribution in [0.3, 0.4) is 0 Å². The van der Waals surface area contributed by atoms with Crippen molar-refractivity contribution < 1.29 is 0 Å². The van der Waals surface area contributed by atoms with Crippen LogP contribution in [-0.4, -0.2) is 24.6 Å². The monoisotopic (exact) mass is 223 g/mol. The molecule has 2 aliphatic rings. The fourth-order valence-corrected chi connectivity index (χ4v) is 4.43. The standard InChI is InChI=1S/C11H13NS2/c1-8-2-3-9-10-11(8)14-7-5-12(10)4-6-13-9/h2-3H,4-7H2,1H3. The average molecular weight is 223 g/mol. The fraction of sp³-hybridized carbons (Fsp3) is 0.455. The van der Waals surface area contributed by atoms with E-state index in [1.165, 1.54) is 45.6 Å². The lowest BCUT2D eigenvalue weighted by atomic mass is 10.2. The van der Waals surface area contributed by atoms with Gasteiger partial charge >= 0.3 is 0 Å². The molecule has 0 saturated heterocycles. The van der Waals surface area contributed by atoms with Gasteiger partial charge in [0.2, 0.25) is 0 Å². The summed E-state index contributed by atoms with van der Waals surface area (Å²) in [6.07, 6.45) is 0. The van der Waals surface area contributed by atoms with E-state index in [1.54, 1.807) is 0 Å². The second-order valence-electron chi connectivity index (χ2n) is 3.74. The molecule has 1 aromatic rings. The molecule has 1 nitrogen and oxygen atoms in total. The third-order valence-corrected chi connectivity index (χ3v) is 5.05. The Hall–Kier alpha value is -0.280. The average Bonchev–Trinajstić information content (AvgIpc) is 2.24. The van der Waals surface area contributed by atoms with E-state index in [9.17, 15) is 0 Å². The van der Waals surface area contributed by atoms with Crippen molar-refractivity contribution in [1.82, 2.24) is 0 Å². The van der Waals surface area contributed by atoms with Crippen LogP contribution in [0.5, 0.6) is 0 Å². The number of anilines is 1. The lowest BCUT2D eigenvalue weighted by Gasteiger charge is -2.36. The SMILES string of the molecule is Cc1ccc2c3c1SCCN3CCS2. The van der Waals surface area contributed by atoms with Crippen molar-refractivity contribution in [3.8, 4) is 0 Å². The number of aryl methyl sites for hydroxylation is 1. The van der Waals surface area contributed by atoms with Crippen molar-refractivity contribution in [3.05, 3.63) is 17.7 Å². The van der Waals surface area contributed by atoms with Gasteiger partial charge in [-0.05, 0) is 18.6 Å². The molecule has 14 heavy (non-hydrogen) atoms. The van der Waals surface area contributed by atoms with Crippen LogP contribution in [0.25, 0.3) is 0 Å². The van der Waals surface area contributed by atoms with Gasteiger partial charge in [-0.25, -0.2) is 0 Å². The van der Waals surface area contributed by atoms with Gasteiger partial charge < -0.3 is 4.90 Å². The third kappa shape index (κ3) is 1.26. The smallest absolute Gasteiger partial charge is 0.0645 e. The molecule has 74 valence electrons. The fourth-order valence-electron chi connectivity index (χ4n) is 2.11. The summed E-state index contributed by atoms with van der Waals surface area (Å²) in [7, 11) is 0. The highest BCUT2D eigenvalue weighted by Gasteiger charge is 2.25. The summed E-state index contributed by atoms with van der Waals surface area (Å²) in [5.74, 6) is 2.50. The highest BCUT2D eigenvalue weighted by molar-refractivity contribution is 8.00.